The highest BCUT2D eigenvalue weighted by molar-refractivity contribution is 5.73. The third-order valence-corrected chi connectivity index (χ3v) is 3.54. The number of nitrogens with one attached hydrogen (secondary N) is 1. The van der Waals surface area contributed by atoms with E-state index in [1.807, 2.05) is 12.1 Å². The Hall–Kier alpha value is -2.29. The minimum atomic E-state index is -5.08. The molecular weight excluding hydrogens is 379 g/mol. The first-order valence-corrected chi connectivity index (χ1v) is 9.11. The van der Waals surface area contributed by atoms with Gasteiger partial charge >= 0.3 is 18.1 Å². The van der Waals surface area contributed by atoms with Gasteiger partial charge in [-0.3, -0.25) is 4.79 Å². The summed E-state index contributed by atoms with van der Waals surface area (Å²) in [6.07, 6.45) is 0.854. The molecule has 1 aromatic rings. The number of carboxylic acids is 2. The van der Waals surface area contributed by atoms with Gasteiger partial charge in [-0.25, -0.2) is 4.79 Å². The molecular formula is C19H28F3NO5. The molecule has 0 aliphatic heterocycles. The first kappa shape index (κ1) is 25.7. The van der Waals surface area contributed by atoms with Crippen LogP contribution in [0.4, 0.5) is 13.2 Å². The highest BCUT2D eigenvalue weighted by Gasteiger charge is 2.38. The molecule has 0 aliphatic carbocycles. The highest BCUT2D eigenvalue weighted by Crippen LogP contribution is 2.14. The maximum absolute atomic E-state index is 10.6. The van der Waals surface area contributed by atoms with Crippen LogP contribution in [0.5, 0.6) is 5.75 Å². The Morgan fingerprint density at radius 1 is 1.04 bits per heavy atom. The van der Waals surface area contributed by atoms with Crippen LogP contribution in [-0.2, 0) is 16.0 Å². The summed E-state index contributed by atoms with van der Waals surface area (Å²) in [5.41, 5.74) is 1.23. The Bertz CT molecular complexity index is 562. The van der Waals surface area contributed by atoms with Crippen molar-refractivity contribution in [3.05, 3.63) is 29.8 Å². The topological polar surface area (TPSA) is 95.9 Å². The molecule has 0 amide bonds. The summed E-state index contributed by atoms with van der Waals surface area (Å²) >= 11 is 0. The second kappa shape index (κ2) is 14.7. The van der Waals surface area contributed by atoms with E-state index >= 15 is 0 Å². The van der Waals surface area contributed by atoms with E-state index in [0.717, 1.165) is 31.7 Å². The number of benzene rings is 1. The van der Waals surface area contributed by atoms with Gasteiger partial charge in [0.25, 0.3) is 0 Å². The molecule has 0 unspecified atom stereocenters. The Kier molecular flexibility index (Phi) is 13.5. The van der Waals surface area contributed by atoms with E-state index in [0.29, 0.717) is 6.54 Å². The molecule has 160 valence electrons. The van der Waals surface area contributed by atoms with Gasteiger partial charge in [0.05, 0.1) is 13.0 Å². The van der Waals surface area contributed by atoms with Crippen molar-refractivity contribution in [2.24, 2.45) is 0 Å². The van der Waals surface area contributed by atoms with Gasteiger partial charge < -0.3 is 20.3 Å². The van der Waals surface area contributed by atoms with Crippen LogP contribution in [0, 0.1) is 0 Å². The molecule has 0 bridgehead atoms. The smallest absolute Gasteiger partial charge is 0.490 e. The Morgan fingerprint density at radius 3 is 2.14 bits per heavy atom. The number of rotatable bonds is 12. The van der Waals surface area contributed by atoms with Crippen LogP contribution in [0.3, 0.4) is 0 Å². The quantitative estimate of drug-likeness (QED) is 0.455. The minimum absolute atomic E-state index is 0.171. The molecule has 0 aliphatic rings. The van der Waals surface area contributed by atoms with Gasteiger partial charge in [-0.1, -0.05) is 38.3 Å². The minimum Gasteiger partial charge on any atom is -0.494 e. The van der Waals surface area contributed by atoms with E-state index < -0.39 is 18.1 Å². The molecule has 9 heteroatoms. The fourth-order valence-corrected chi connectivity index (χ4v) is 2.02. The SMILES string of the molecule is CCCCCCOc1ccc(CCNCCC(=O)O)cc1.O=C(O)C(F)(F)F. The van der Waals surface area contributed by atoms with Crippen LogP contribution in [0.15, 0.2) is 24.3 Å². The lowest BCUT2D eigenvalue weighted by atomic mass is 10.1. The zero-order valence-electron chi connectivity index (χ0n) is 15.9. The first-order chi connectivity index (χ1) is 13.2. The fraction of sp³-hybridized carbons (Fsp3) is 0.579. The lowest BCUT2D eigenvalue weighted by molar-refractivity contribution is -0.192. The van der Waals surface area contributed by atoms with Gasteiger partial charge in [0.15, 0.2) is 0 Å². The predicted octanol–water partition coefficient (Wildman–Crippen LogP) is 3.89. The number of hydrogen-bond donors (Lipinski definition) is 3. The molecule has 0 fully saturated rings. The molecule has 0 spiro atoms. The van der Waals surface area contributed by atoms with E-state index in [9.17, 15) is 18.0 Å². The number of aliphatic carboxylic acids is 2. The van der Waals surface area contributed by atoms with Crippen LogP contribution < -0.4 is 10.1 Å². The number of alkyl halides is 3. The van der Waals surface area contributed by atoms with Crippen LogP contribution in [0.2, 0.25) is 0 Å². The van der Waals surface area contributed by atoms with Gasteiger partial charge in [-0.15, -0.1) is 0 Å². The summed E-state index contributed by atoms with van der Waals surface area (Å²) in [4.78, 5) is 19.3. The van der Waals surface area contributed by atoms with E-state index in [4.69, 9.17) is 19.7 Å². The molecule has 0 aromatic heterocycles. The van der Waals surface area contributed by atoms with Crippen LogP contribution in [-0.4, -0.2) is 48.0 Å². The average Bonchev–Trinajstić information content (AvgIpc) is 2.62. The van der Waals surface area contributed by atoms with Gasteiger partial charge in [0.1, 0.15) is 5.75 Å². The predicted molar refractivity (Wildman–Crippen MR) is 98.6 cm³/mol. The Labute approximate surface area is 162 Å². The highest BCUT2D eigenvalue weighted by atomic mass is 19.4. The van der Waals surface area contributed by atoms with Crippen molar-refractivity contribution in [2.75, 3.05) is 19.7 Å². The molecule has 6 nitrogen and oxygen atoms in total. The van der Waals surface area contributed by atoms with E-state index in [2.05, 4.69) is 24.4 Å². The normalized spacial score (nSPS) is 10.7. The molecule has 0 saturated heterocycles. The van der Waals surface area contributed by atoms with Gasteiger partial charge in [-0.05, 0) is 37.1 Å². The van der Waals surface area contributed by atoms with Crippen molar-refractivity contribution in [3.8, 4) is 5.75 Å². The number of unbranched alkanes of at least 4 members (excludes halogenated alkanes) is 3. The summed E-state index contributed by atoms with van der Waals surface area (Å²) in [6, 6.07) is 8.15. The van der Waals surface area contributed by atoms with E-state index in [1.165, 1.54) is 24.8 Å². The molecule has 0 saturated carbocycles. The van der Waals surface area contributed by atoms with Crippen molar-refractivity contribution in [2.45, 2.75) is 51.6 Å². The van der Waals surface area contributed by atoms with E-state index in [-0.39, 0.29) is 6.42 Å². The van der Waals surface area contributed by atoms with Crippen molar-refractivity contribution in [3.63, 3.8) is 0 Å². The van der Waals surface area contributed by atoms with Crippen LogP contribution in [0.1, 0.15) is 44.6 Å². The monoisotopic (exact) mass is 407 g/mol. The fourth-order valence-electron chi connectivity index (χ4n) is 2.02. The maximum Gasteiger partial charge on any atom is 0.490 e. The largest absolute Gasteiger partial charge is 0.494 e. The lowest BCUT2D eigenvalue weighted by Crippen LogP contribution is -2.21. The van der Waals surface area contributed by atoms with Crippen molar-refractivity contribution >= 4 is 11.9 Å². The molecule has 1 rings (SSSR count). The number of halogens is 3. The van der Waals surface area contributed by atoms with Crippen molar-refractivity contribution in [1.29, 1.82) is 0 Å². The second-order valence-electron chi connectivity index (χ2n) is 6.00. The molecule has 0 radical (unpaired) electrons. The van der Waals surface area contributed by atoms with Crippen molar-refractivity contribution in [1.82, 2.24) is 5.32 Å². The van der Waals surface area contributed by atoms with E-state index in [1.54, 1.807) is 0 Å². The standard InChI is InChI=1S/C17H27NO3.C2HF3O2/c1-2-3-4-5-14-21-16-8-6-15(7-9-16)10-12-18-13-11-17(19)20;3-2(4,5)1(6)7/h6-9,18H,2-5,10-14H2,1H3,(H,19,20);(H,6,7). The molecule has 0 atom stereocenters. The molecule has 0 heterocycles. The Balaban J connectivity index is 0.000000887. The lowest BCUT2D eigenvalue weighted by Gasteiger charge is -2.07. The average molecular weight is 407 g/mol. The van der Waals surface area contributed by atoms with Crippen LogP contribution in [0.25, 0.3) is 0 Å². The first-order valence-electron chi connectivity index (χ1n) is 9.11. The number of ether oxygens (including phenoxy) is 1. The number of carboxylic acid groups (broad SMARTS) is 2. The van der Waals surface area contributed by atoms with Crippen molar-refractivity contribution < 1.29 is 37.7 Å². The summed E-state index contributed by atoms with van der Waals surface area (Å²) in [5, 5.41) is 18.8. The third kappa shape index (κ3) is 14.8. The molecule has 3 N–H and O–H groups in total. The third-order valence-electron chi connectivity index (χ3n) is 3.54. The Morgan fingerprint density at radius 2 is 1.64 bits per heavy atom. The summed E-state index contributed by atoms with van der Waals surface area (Å²) in [6.45, 7) is 4.31. The number of hydrogen-bond acceptors (Lipinski definition) is 4. The maximum atomic E-state index is 10.6. The van der Waals surface area contributed by atoms with Gasteiger partial charge in [-0.2, -0.15) is 13.2 Å². The summed E-state index contributed by atoms with van der Waals surface area (Å²) in [5.74, 6) is -2.59. The zero-order valence-corrected chi connectivity index (χ0v) is 15.9. The van der Waals surface area contributed by atoms with Gasteiger partial charge in [0.2, 0.25) is 0 Å². The second-order valence-corrected chi connectivity index (χ2v) is 6.00. The molecule has 28 heavy (non-hydrogen) atoms. The zero-order chi connectivity index (χ0) is 21.4. The molecule has 1 aromatic carbocycles. The summed E-state index contributed by atoms with van der Waals surface area (Å²) < 4.78 is 37.4. The summed E-state index contributed by atoms with van der Waals surface area (Å²) in [7, 11) is 0. The van der Waals surface area contributed by atoms with Crippen LogP contribution >= 0.6 is 0 Å². The number of carbonyl (C=O) groups is 2. The van der Waals surface area contributed by atoms with Gasteiger partial charge in [0, 0.05) is 6.54 Å².